The van der Waals surface area contributed by atoms with Crippen molar-refractivity contribution in [3.63, 3.8) is 0 Å². The van der Waals surface area contributed by atoms with Crippen molar-refractivity contribution in [3.05, 3.63) is 95.1 Å². The van der Waals surface area contributed by atoms with E-state index in [0.29, 0.717) is 30.0 Å². The number of rotatable bonds is 7. The van der Waals surface area contributed by atoms with Gasteiger partial charge in [-0.25, -0.2) is 4.79 Å². The first-order valence-corrected chi connectivity index (χ1v) is 10.1. The van der Waals surface area contributed by atoms with Gasteiger partial charge >= 0.3 is 5.97 Å². The Bertz CT molecular complexity index is 1080. The Morgan fingerprint density at radius 1 is 0.935 bits per heavy atom. The number of nitrogens with one attached hydrogen (secondary N) is 1. The van der Waals surface area contributed by atoms with E-state index in [2.05, 4.69) is 5.32 Å². The number of carbonyl (C=O) groups excluding carboxylic acids is 2. The van der Waals surface area contributed by atoms with Crippen molar-refractivity contribution < 1.29 is 23.8 Å². The van der Waals surface area contributed by atoms with E-state index in [0.717, 1.165) is 16.7 Å². The zero-order valence-electron chi connectivity index (χ0n) is 17.2. The summed E-state index contributed by atoms with van der Waals surface area (Å²) in [4.78, 5) is 25.2. The van der Waals surface area contributed by atoms with Crippen LogP contribution in [0.1, 0.15) is 34.0 Å². The van der Waals surface area contributed by atoms with Gasteiger partial charge in [-0.1, -0.05) is 54.6 Å². The number of carbonyl (C=O) groups is 2. The zero-order chi connectivity index (χ0) is 21.6. The van der Waals surface area contributed by atoms with E-state index in [1.807, 2.05) is 54.6 Å². The van der Waals surface area contributed by atoms with E-state index in [9.17, 15) is 9.59 Å². The molecule has 0 fully saturated rings. The summed E-state index contributed by atoms with van der Waals surface area (Å²) in [5.74, 6) is 0.455. The van der Waals surface area contributed by atoms with Crippen LogP contribution in [0.5, 0.6) is 11.5 Å². The maximum absolute atomic E-state index is 12.7. The van der Waals surface area contributed by atoms with Gasteiger partial charge in [0.25, 0.3) is 5.91 Å². The Morgan fingerprint density at radius 2 is 1.68 bits per heavy atom. The summed E-state index contributed by atoms with van der Waals surface area (Å²) in [5, 5.41) is 2.79. The van der Waals surface area contributed by atoms with E-state index in [4.69, 9.17) is 14.2 Å². The molecule has 0 aromatic heterocycles. The van der Waals surface area contributed by atoms with Gasteiger partial charge < -0.3 is 19.5 Å². The fourth-order valence-corrected chi connectivity index (χ4v) is 3.35. The first-order valence-electron chi connectivity index (χ1n) is 10.1. The molecule has 0 spiro atoms. The molecule has 1 amide bonds. The van der Waals surface area contributed by atoms with Gasteiger partial charge in [0, 0.05) is 6.54 Å². The van der Waals surface area contributed by atoms with Gasteiger partial charge in [0.1, 0.15) is 0 Å². The number of hydrogen-bond acceptors (Lipinski definition) is 5. The van der Waals surface area contributed by atoms with E-state index >= 15 is 0 Å². The molecule has 158 valence electrons. The van der Waals surface area contributed by atoms with E-state index in [-0.39, 0.29) is 12.7 Å². The summed E-state index contributed by atoms with van der Waals surface area (Å²) in [7, 11) is 0. The molecule has 0 aliphatic carbocycles. The molecule has 1 aliphatic rings. The smallest absolute Gasteiger partial charge is 0.339 e. The number of amides is 1. The minimum absolute atomic E-state index is 0.198. The first-order chi connectivity index (χ1) is 15.1. The van der Waals surface area contributed by atoms with Gasteiger partial charge in [0.2, 0.25) is 6.79 Å². The number of fused-ring (bicyclic) bond motifs is 1. The minimum Gasteiger partial charge on any atom is -0.454 e. The lowest BCUT2D eigenvalue weighted by Crippen LogP contribution is -2.35. The van der Waals surface area contributed by atoms with Gasteiger partial charge in [-0.05, 0) is 48.2 Å². The summed E-state index contributed by atoms with van der Waals surface area (Å²) < 4.78 is 16.1. The topological polar surface area (TPSA) is 73.9 Å². The Morgan fingerprint density at radius 3 is 2.52 bits per heavy atom. The molecule has 1 unspecified atom stereocenters. The Balaban J connectivity index is 1.35. The predicted molar refractivity (Wildman–Crippen MR) is 115 cm³/mol. The van der Waals surface area contributed by atoms with E-state index in [1.165, 1.54) is 0 Å². The van der Waals surface area contributed by atoms with Gasteiger partial charge in [-0.15, -0.1) is 0 Å². The Labute approximate surface area is 180 Å². The third-order valence-electron chi connectivity index (χ3n) is 5.03. The van der Waals surface area contributed by atoms with Crippen molar-refractivity contribution >= 4 is 11.9 Å². The van der Waals surface area contributed by atoms with Gasteiger partial charge in [0.15, 0.2) is 17.6 Å². The van der Waals surface area contributed by atoms with E-state index < -0.39 is 12.1 Å². The molecular weight excluding hydrogens is 394 g/mol. The lowest BCUT2D eigenvalue weighted by molar-refractivity contribution is -0.129. The molecule has 1 aliphatic heterocycles. The monoisotopic (exact) mass is 417 g/mol. The van der Waals surface area contributed by atoms with Crippen LogP contribution in [-0.4, -0.2) is 24.8 Å². The van der Waals surface area contributed by atoms with E-state index in [1.54, 1.807) is 25.1 Å². The normalized spacial score (nSPS) is 12.8. The van der Waals surface area contributed by atoms with Gasteiger partial charge in [0.05, 0.1) is 5.56 Å². The third kappa shape index (κ3) is 5.04. The Kier molecular flexibility index (Phi) is 6.17. The molecule has 0 saturated heterocycles. The van der Waals surface area contributed by atoms with Gasteiger partial charge in [-0.2, -0.15) is 0 Å². The number of ether oxygens (including phenoxy) is 3. The zero-order valence-corrected chi connectivity index (χ0v) is 17.2. The molecule has 0 radical (unpaired) electrons. The van der Waals surface area contributed by atoms with Crippen LogP contribution in [0.25, 0.3) is 0 Å². The molecule has 6 nitrogen and oxygen atoms in total. The number of hydrogen-bond donors (Lipinski definition) is 1. The quantitative estimate of drug-likeness (QED) is 0.591. The second-order valence-corrected chi connectivity index (χ2v) is 7.27. The average Bonchev–Trinajstić information content (AvgIpc) is 3.26. The van der Waals surface area contributed by atoms with Crippen LogP contribution < -0.4 is 14.8 Å². The number of esters is 1. The fraction of sp³-hybridized carbons (Fsp3) is 0.200. The minimum atomic E-state index is -0.925. The summed E-state index contributed by atoms with van der Waals surface area (Å²) in [6.45, 7) is 2.05. The van der Waals surface area contributed by atoms with Crippen LogP contribution in [0, 0.1) is 0 Å². The van der Waals surface area contributed by atoms with Crippen molar-refractivity contribution in [2.75, 3.05) is 6.79 Å². The lowest BCUT2D eigenvalue weighted by atomic mass is 10.00. The van der Waals surface area contributed by atoms with Crippen molar-refractivity contribution in [1.29, 1.82) is 0 Å². The molecule has 31 heavy (non-hydrogen) atoms. The molecule has 1 heterocycles. The molecule has 3 aromatic carbocycles. The second-order valence-electron chi connectivity index (χ2n) is 7.27. The molecule has 0 bridgehead atoms. The molecule has 3 aromatic rings. The molecule has 0 saturated carbocycles. The highest BCUT2D eigenvalue weighted by molar-refractivity contribution is 5.93. The highest BCUT2D eigenvalue weighted by Crippen LogP contribution is 2.32. The van der Waals surface area contributed by atoms with Gasteiger partial charge in [-0.3, -0.25) is 4.79 Å². The van der Waals surface area contributed by atoms with Crippen LogP contribution in [0.15, 0.2) is 72.8 Å². The summed E-state index contributed by atoms with van der Waals surface area (Å²) in [5.41, 5.74) is 3.27. The fourth-order valence-electron chi connectivity index (χ4n) is 3.35. The van der Waals surface area contributed by atoms with Crippen LogP contribution in [0.2, 0.25) is 0 Å². The van der Waals surface area contributed by atoms with Crippen molar-refractivity contribution in [3.8, 4) is 11.5 Å². The van der Waals surface area contributed by atoms with Crippen LogP contribution in [0.3, 0.4) is 0 Å². The van der Waals surface area contributed by atoms with Crippen molar-refractivity contribution in [2.24, 2.45) is 0 Å². The second kappa shape index (κ2) is 9.34. The summed E-state index contributed by atoms with van der Waals surface area (Å²) in [6, 6.07) is 22.7. The van der Waals surface area contributed by atoms with Crippen molar-refractivity contribution in [2.45, 2.75) is 26.0 Å². The Hall–Kier alpha value is -3.80. The molecule has 1 N–H and O–H groups in total. The molecule has 4 rings (SSSR count). The molecular formula is C25H23NO5. The summed E-state index contributed by atoms with van der Waals surface area (Å²) >= 11 is 0. The highest BCUT2D eigenvalue weighted by atomic mass is 16.7. The standard InChI is InChI=1S/C25H23NO5/c1-17(24(27)26-15-19-11-12-22-23(14-19)30-16-29-22)31-25(28)21-10-6-5-9-20(21)13-18-7-3-2-4-8-18/h2-12,14,17H,13,15-16H2,1H3,(H,26,27). The maximum Gasteiger partial charge on any atom is 0.339 e. The number of benzene rings is 3. The molecule has 6 heteroatoms. The highest BCUT2D eigenvalue weighted by Gasteiger charge is 2.21. The summed E-state index contributed by atoms with van der Waals surface area (Å²) in [6.07, 6.45) is -0.317. The predicted octanol–water partition coefficient (Wildman–Crippen LogP) is 3.87. The first kappa shape index (κ1) is 20.5. The average molecular weight is 417 g/mol. The SMILES string of the molecule is CC(OC(=O)c1ccccc1Cc1ccccc1)C(=O)NCc1ccc2c(c1)OCO2. The van der Waals surface area contributed by atoms with Crippen LogP contribution >= 0.6 is 0 Å². The van der Waals surface area contributed by atoms with Crippen LogP contribution in [-0.2, 0) is 22.5 Å². The third-order valence-corrected chi connectivity index (χ3v) is 5.03. The maximum atomic E-state index is 12.7. The molecule has 1 atom stereocenters. The lowest BCUT2D eigenvalue weighted by Gasteiger charge is -2.15. The van der Waals surface area contributed by atoms with Crippen LogP contribution in [0.4, 0.5) is 0 Å². The van der Waals surface area contributed by atoms with Crippen molar-refractivity contribution in [1.82, 2.24) is 5.32 Å². The largest absolute Gasteiger partial charge is 0.454 e.